The Bertz CT molecular complexity index is 455. The van der Waals surface area contributed by atoms with Crippen molar-refractivity contribution in [3.8, 4) is 0 Å². The van der Waals surface area contributed by atoms with Crippen molar-refractivity contribution in [1.82, 2.24) is 4.90 Å². The van der Waals surface area contributed by atoms with Gasteiger partial charge in [-0.3, -0.25) is 0 Å². The number of nitrogens with two attached hydrogens (primary N) is 1. The maximum atomic E-state index is 12.0. The van der Waals surface area contributed by atoms with Crippen molar-refractivity contribution in [3.05, 3.63) is 35.9 Å². The van der Waals surface area contributed by atoms with Crippen molar-refractivity contribution in [3.63, 3.8) is 0 Å². The predicted molar refractivity (Wildman–Crippen MR) is 77.0 cm³/mol. The first-order valence-corrected chi connectivity index (χ1v) is 7.43. The largest absolute Gasteiger partial charge is 0.464 e. The molecule has 3 heterocycles. The van der Waals surface area contributed by atoms with E-state index in [0.717, 1.165) is 18.0 Å². The quantitative estimate of drug-likeness (QED) is 0.847. The Labute approximate surface area is 119 Å². The number of hydrogen-bond acceptors (Lipinski definition) is 4. The molecule has 0 amide bonds. The zero-order valence-electron chi connectivity index (χ0n) is 11.7. The van der Waals surface area contributed by atoms with Crippen LogP contribution >= 0.6 is 0 Å². The molecule has 1 unspecified atom stereocenters. The van der Waals surface area contributed by atoms with Crippen molar-refractivity contribution >= 4 is 5.97 Å². The van der Waals surface area contributed by atoms with Crippen molar-refractivity contribution in [2.24, 2.45) is 17.6 Å². The first-order chi connectivity index (χ1) is 9.74. The van der Waals surface area contributed by atoms with Gasteiger partial charge in [-0.1, -0.05) is 30.3 Å². The molecule has 2 atom stereocenters. The Balaban J connectivity index is 1.52. The fraction of sp³-hybridized carbons (Fsp3) is 0.562. The number of nitrogens with zero attached hydrogens (tertiary/aromatic N) is 1. The third-order valence-corrected chi connectivity index (χ3v) is 4.64. The molecule has 4 rings (SSSR count). The second-order valence-corrected chi connectivity index (χ2v) is 5.92. The minimum atomic E-state index is -0.669. The van der Waals surface area contributed by atoms with Crippen LogP contribution in [0.3, 0.4) is 0 Å². The van der Waals surface area contributed by atoms with E-state index in [0.29, 0.717) is 12.5 Å². The first kappa shape index (κ1) is 13.6. The van der Waals surface area contributed by atoms with Crippen LogP contribution in [0.5, 0.6) is 0 Å². The molecule has 3 fully saturated rings. The van der Waals surface area contributed by atoms with Crippen LogP contribution in [0, 0.1) is 11.8 Å². The average molecular weight is 274 g/mol. The van der Waals surface area contributed by atoms with Gasteiger partial charge in [-0.25, -0.2) is 4.79 Å². The highest BCUT2D eigenvalue weighted by atomic mass is 16.5. The maximum Gasteiger partial charge on any atom is 0.327 e. The highest BCUT2D eigenvalue weighted by molar-refractivity contribution is 5.77. The number of hydrogen-bond donors (Lipinski definition) is 1. The summed E-state index contributed by atoms with van der Waals surface area (Å²) in [6, 6.07) is 8.73. The van der Waals surface area contributed by atoms with E-state index in [1.165, 1.54) is 25.9 Å². The van der Waals surface area contributed by atoms with Crippen molar-refractivity contribution in [1.29, 1.82) is 0 Å². The zero-order chi connectivity index (χ0) is 13.9. The molecular formula is C16H22N2O2. The van der Waals surface area contributed by atoms with Gasteiger partial charge < -0.3 is 15.4 Å². The molecule has 0 aromatic heterocycles. The molecule has 3 saturated heterocycles. The SMILES string of the molecule is NC(C(=O)OC[C@H]1CN2CCC1CC2)c1ccccc1. The molecule has 0 saturated carbocycles. The molecule has 3 aliphatic heterocycles. The number of carbonyl (C=O) groups excluding carboxylic acids is 1. The van der Waals surface area contributed by atoms with Crippen LogP contribution in [0.15, 0.2) is 30.3 Å². The second kappa shape index (κ2) is 5.94. The minimum absolute atomic E-state index is 0.312. The van der Waals surface area contributed by atoms with Crippen LogP contribution in [-0.2, 0) is 9.53 Å². The fourth-order valence-corrected chi connectivity index (χ4v) is 3.35. The van der Waals surface area contributed by atoms with Crippen molar-refractivity contribution in [2.45, 2.75) is 18.9 Å². The van der Waals surface area contributed by atoms with Gasteiger partial charge in [0.1, 0.15) is 6.04 Å². The van der Waals surface area contributed by atoms with E-state index in [1.54, 1.807) is 0 Å². The molecule has 3 aliphatic rings. The van der Waals surface area contributed by atoms with Crippen LogP contribution < -0.4 is 5.73 Å². The summed E-state index contributed by atoms with van der Waals surface area (Å²) in [6.07, 6.45) is 2.49. The lowest BCUT2D eigenvalue weighted by Crippen LogP contribution is -2.49. The molecule has 2 bridgehead atoms. The number of piperidine rings is 3. The zero-order valence-corrected chi connectivity index (χ0v) is 11.7. The van der Waals surface area contributed by atoms with E-state index in [9.17, 15) is 4.79 Å². The summed E-state index contributed by atoms with van der Waals surface area (Å²) in [7, 11) is 0. The summed E-state index contributed by atoms with van der Waals surface area (Å²) in [4.78, 5) is 14.5. The topological polar surface area (TPSA) is 55.6 Å². The lowest BCUT2D eigenvalue weighted by Gasteiger charge is -2.44. The van der Waals surface area contributed by atoms with Gasteiger partial charge in [-0.05, 0) is 37.4 Å². The molecule has 1 aromatic rings. The number of fused-ring (bicyclic) bond motifs is 3. The van der Waals surface area contributed by atoms with Gasteiger partial charge in [-0.15, -0.1) is 0 Å². The van der Waals surface area contributed by atoms with E-state index in [1.807, 2.05) is 30.3 Å². The fourth-order valence-electron chi connectivity index (χ4n) is 3.35. The monoisotopic (exact) mass is 274 g/mol. The van der Waals surface area contributed by atoms with E-state index in [2.05, 4.69) is 4.90 Å². The Morgan fingerprint density at radius 1 is 1.30 bits per heavy atom. The molecule has 108 valence electrons. The van der Waals surface area contributed by atoms with Crippen LogP contribution in [-0.4, -0.2) is 37.1 Å². The second-order valence-electron chi connectivity index (χ2n) is 5.92. The number of carbonyl (C=O) groups is 1. The van der Waals surface area contributed by atoms with E-state index in [4.69, 9.17) is 10.5 Å². The molecule has 0 spiro atoms. The highest BCUT2D eigenvalue weighted by Crippen LogP contribution is 2.32. The van der Waals surface area contributed by atoms with Crippen LogP contribution in [0.4, 0.5) is 0 Å². The number of rotatable bonds is 4. The molecule has 0 aliphatic carbocycles. The van der Waals surface area contributed by atoms with E-state index in [-0.39, 0.29) is 5.97 Å². The van der Waals surface area contributed by atoms with Gasteiger partial charge >= 0.3 is 5.97 Å². The molecule has 2 N–H and O–H groups in total. The molecule has 20 heavy (non-hydrogen) atoms. The number of esters is 1. The van der Waals surface area contributed by atoms with Gasteiger partial charge in [-0.2, -0.15) is 0 Å². The van der Waals surface area contributed by atoms with Crippen LogP contribution in [0.2, 0.25) is 0 Å². The number of benzene rings is 1. The molecule has 4 nitrogen and oxygen atoms in total. The summed E-state index contributed by atoms with van der Waals surface area (Å²) >= 11 is 0. The summed E-state index contributed by atoms with van der Waals surface area (Å²) in [6.45, 7) is 4.00. The summed E-state index contributed by atoms with van der Waals surface area (Å²) in [5.41, 5.74) is 6.76. The van der Waals surface area contributed by atoms with Gasteiger partial charge in [0, 0.05) is 12.5 Å². The maximum absolute atomic E-state index is 12.0. The standard InChI is InChI=1S/C16H22N2O2/c17-15(13-4-2-1-3-5-13)16(19)20-11-14-10-18-8-6-12(14)7-9-18/h1-5,12,14-15H,6-11,17H2/t14-,15?/m1/s1. The van der Waals surface area contributed by atoms with E-state index < -0.39 is 6.04 Å². The smallest absolute Gasteiger partial charge is 0.327 e. The first-order valence-electron chi connectivity index (χ1n) is 7.43. The van der Waals surface area contributed by atoms with Gasteiger partial charge in [0.05, 0.1) is 6.61 Å². The molecular weight excluding hydrogens is 252 g/mol. The lowest BCUT2D eigenvalue weighted by molar-refractivity contribution is -0.149. The summed E-state index contributed by atoms with van der Waals surface area (Å²) in [5, 5.41) is 0. The van der Waals surface area contributed by atoms with Crippen molar-refractivity contribution in [2.75, 3.05) is 26.2 Å². The summed E-state index contributed by atoms with van der Waals surface area (Å²) in [5.74, 6) is 0.901. The van der Waals surface area contributed by atoms with Gasteiger partial charge in [0.15, 0.2) is 0 Å². The van der Waals surface area contributed by atoms with Crippen LogP contribution in [0.25, 0.3) is 0 Å². The van der Waals surface area contributed by atoms with Gasteiger partial charge in [0.25, 0.3) is 0 Å². The third kappa shape index (κ3) is 2.86. The van der Waals surface area contributed by atoms with E-state index >= 15 is 0 Å². The highest BCUT2D eigenvalue weighted by Gasteiger charge is 2.35. The Hall–Kier alpha value is -1.39. The Morgan fingerprint density at radius 3 is 2.60 bits per heavy atom. The summed E-state index contributed by atoms with van der Waals surface area (Å²) < 4.78 is 5.46. The van der Waals surface area contributed by atoms with Crippen LogP contribution in [0.1, 0.15) is 24.4 Å². The number of ether oxygens (including phenoxy) is 1. The Morgan fingerprint density at radius 2 is 2.00 bits per heavy atom. The predicted octanol–water partition coefficient (Wildman–Crippen LogP) is 1.57. The average Bonchev–Trinajstić information content (AvgIpc) is 2.54. The molecule has 4 heteroatoms. The van der Waals surface area contributed by atoms with Crippen molar-refractivity contribution < 1.29 is 9.53 Å². The normalized spacial score (nSPS) is 29.9. The molecule has 1 aromatic carbocycles. The van der Waals surface area contributed by atoms with Gasteiger partial charge in [0.2, 0.25) is 0 Å². The lowest BCUT2D eigenvalue weighted by atomic mass is 9.79. The Kier molecular flexibility index (Phi) is 4.03. The third-order valence-electron chi connectivity index (χ3n) is 4.64. The molecule has 0 radical (unpaired) electrons. The minimum Gasteiger partial charge on any atom is -0.464 e.